The third-order valence-electron chi connectivity index (χ3n) is 6.51. The molecule has 1 saturated heterocycles. The smallest absolute Gasteiger partial charge is 0.306 e. The molecule has 0 aromatic heterocycles. The van der Waals surface area contributed by atoms with Gasteiger partial charge in [0.25, 0.3) is 0 Å². The Morgan fingerprint density at radius 2 is 1.68 bits per heavy atom. The highest BCUT2D eigenvalue weighted by Gasteiger charge is 2.24. The van der Waals surface area contributed by atoms with Crippen molar-refractivity contribution in [3.05, 3.63) is 42.0 Å². The van der Waals surface area contributed by atoms with Crippen molar-refractivity contribution in [2.45, 2.75) is 58.4 Å². The molecule has 2 fully saturated rings. The third-order valence-corrected chi connectivity index (χ3v) is 6.51. The number of benzene rings is 2. The molecule has 5 heteroatoms. The Hall–Kier alpha value is -2.11. The summed E-state index contributed by atoms with van der Waals surface area (Å²) in [5.41, 5.74) is 1.22. The van der Waals surface area contributed by atoms with E-state index in [1.807, 2.05) is 12.1 Å². The van der Waals surface area contributed by atoms with Crippen LogP contribution in [0.25, 0.3) is 10.8 Å². The fraction of sp³-hybridized carbons (Fsp3) is 0.577. The number of ether oxygens (including phenoxy) is 1. The van der Waals surface area contributed by atoms with E-state index in [9.17, 15) is 9.90 Å². The monoisotopic (exact) mass is 427 g/mol. The minimum absolute atomic E-state index is 0.180. The highest BCUT2D eigenvalue weighted by atomic mass is 16.5. The SMILES string of the molecule is CCOCC1CCCCC1.O=C(O)C1CCN(Cc2ccc3cc(O)ccc3c2)CC1. The number of aliphatic carboxylic acids is 1. The van der Waals surface area contributed by atoms with Gasteiger partial charge in [0.05, 0.1) is 5.92 Å². The largest absolute Gasteiger partial charge is 0.508 e. The highest BCUT2D eigenvalue weighted by molar-refractivity contribution is 5.84. The van der Waals surface area contributed by atoms with Gasteiger partial charge in [0.15, 0.2) is 0 Å². The van der Waals surface area contributed by atoms with Crippen molar-refractivity contribution in [2.75, 3.05) is 26.3 Å². The zero-order valence-electron chi connectivity index (χ0n) is 18.8. The van der Waals surface area contributed by atoms with Gasteiger partial charge < -0.3 is 14.9 Å². The Morgan fingerprint density at radius 3 is 2.35 bits per heavy atom. The quantitative estimate of drug-likeness (QED) is 0.642. The van der Waals surface area contributed by atoms with Gasteiger partial charge >= 0.3 is 5.97 Å². The van der Waals surface area contributed by atoms with Crippen LogP contribution in [0.2, 0.25) is 0 Å². The van der Waals surface area contributed by atoms with E-state index in [1.54, 1.807) is 12.1 Å². The van der Waals surface area contributed by atoms with Gasteiger partial charge in [-0.05, 0) is 86.1 Å². The summed E-state index contributed by atoms with van der Waals surface area (Å²) in [7, 11) is 0. The van der Waals surface area contributed by atoms with Crippen molar-refractivity contribution >= 4 is 16.7 Å². The van der Waals surface area contributed by atoms with Crippen LogP contribution in [0.4, 0.5) is 0 Å². The number of hydrogen-bond acceptors (Lipinski definition) is 4. The lowest BCUT2D eigenvalue weighted by atomic mass is 9.90. The second kappa shape index (κ2) is 12.1. The van der Waals surface area contributed by atoms with E-state index in [4.69, 9.17) is 9.84 Å². The van der Waals surface area contributed by atoms with Crippen LogP contribution in [0.15, 0.2) is 36.4 Å². The minimum Gasteiger partial charge on any atom is -0.508 e. The van der Waals surface area contributed by atoms with Crippen LogP contribution in [0, 0.1) is 11.8 Å². The van der Waals surface area contributed by atoms with Crippen LogP contribution < -0.4 is 0 Å². The molecule has 5 nitrogen and oxygen atoms in total. The van der Waals surface area contributed by atoms with Gasteiger partial charge in [0, 0.05) is 19.8 Å². The number of fused-ring (bicyclic) bond motifs is 1. The molecule has 4 rings (SSSR count). The fourth-order valence-corrected chi connectivity index (χ4v) is 4.62. The Morgan fingerprint density at radius 1 is 1.00 bits per heavy atom. The summed E-state index contributed by atoms with van der Waals surface area (Å²) in [6, 6.07) is 11.6. The van der Waals surface area contributed by atoms with Crippen molar-refractivity contribution in [3.8, 4) is 5.75 Å². The van der Waals surface area contributed by atoms with Gasteiger partial charge in [0.2, 0.25) is 0 Å². The first kappa shape index (κ1) is 23.6. The van der Waals surface area contributed by atoms with E-state index in [2.05, 4.69) is 24.0 Å². The topological polar surface area (TPSA) is 70.0 Å². The molecule has 170 valence electrons. The Kier molecular flexibility index (Phi) is 9.16. The lowest BCUT2D eigenvalue weighted by Crippen LogP contribution is -2.35. The average molecular weight is 428 g/mol. The zero-order chi connectivity index (χ0) is 22.1. The number of carboxylic acid groups (broad SMARTS) is 1. The third kappa shape index (κ3) is 7.51. The molecule has 1 aliphatic carbocycles. The molecule has 2 aromatic carbocycles. The van der Waals surface area contributed by atoms with Crippen molar-refractivity contribution in [3.63, 3.8) is 0 Å². The van der Waals surface area contributed by atoms with Gasteiger partial charge in [-0.3, -0.25) is 9.69 Å². The summed E-state index contributed by atoms with van der Waals surface area (Å²) in [5, 5.41) is 20.6. The predicted octanol–water partition coefficient (Wildman–Crippen LogP) is 5.45. The maximum Gasteiger partial charge on any atom is 0.306 e. The molecule has 1 aliphatic heterocycles. The number of hydrogen-bond donors (Lipinski definition) is 2. The molecule has 0 radical (unpaired) electrons. The summed E-state index contributed by atoms with van der Waals surface area (Å²) in [4.78, 5) is 13.3. The van der Waals surface area contributed by atoms with Crippen molar-refractivity contribution in [1.82, 2.24) is 4.90 Å². The van der Waals surface area contributed by atoms with E-state index < -0.39 is 5.97 Å². The number of piperidine rings is 1. The standard InChI is InChI=1S/C17H19NO3.C9H18O/c19-16-4-3-14-9-12(1-2-15(14)10-16)11-18-7-5-13(6-8-18)17(20)21;1-2-10-8-9-6-4-3-5-7-9/h1-4,9-10,13,19H,5-8,11H2,(H,20,21);9H,2-8H2,1H3. The average Bonchev–Trinajstić information content (AvgIpc) is 2.79. The first-order valence-corrected chi connectivity index (χ1v) is 11.8. The van der Waals surface area contributed by atoms with Crippen LogP contribution in [-0.2, 0) is 16.1 Å². The minimum atomic E-state index is -0.667. The Bertz CT molecular complexity index is 823. The lowest BCUT2D eigenvalue weighted by Gasteiger charge is -2.30. The van der Waals surface area contributed by atoms with Crippen LogP contribution in [0.3, 0.4) is 0 Å². The second-order valence-electron chi connectivity index (χ2n) is 8.92. The molecule has 2 aromatic rings. The Balaban J connectivity index is 0.000000229. The number of aromatic hydroxyl groups is 1. The van der Waals surface area contributed by atoms with Crippen LogP contribution in [0.1, 0.15) is 57.4 Å². The molecule has 2 N–H and O–H groups in total. The molecule has 1 heterocycles. The summed E-state index contributed by atoms with van der Waals surface area (Å²) in [6.45, 7) is 6.49. The number of carbonyl (C=O) groups is 1. The van der Waals surface area contributed by atoms with Crippen molar-refractivity contribution in [2.24, 2.45) is 11.8 Å². The van der Waals surface area contributed by atoms with E-state index in [-0.39, 0.29) is 11.7 Å². The molecule has 0 unspecified atom stereocenters. The van der Waals surface area contributed by atoms with Crippen molar-refractivity contribution in [1.29, 1.82) is 0 Å². The maximum absolute atomic E-state index is 11.0. The van der Waals surface area contributed by atoms with Gasteiger partial charge in [-0.25, -0.2) is 0 Å². The summed E-state index contributed by atoms with van der Waals surface area (Å²) >= 11 is 0. The summed E-state index contributed by atoms with van der Waals surface area (Å²) < 4.78 is 5.37. The van der Waals surface area contributed by atoms with Gasteiger partial charge in [-0.15, -0.1) is 0 Å². The van der Waals surface area contributed by atoms with Gasteiger partial charge in [0.1, 0.15) is 5.75 Å². The molecule has 1 saturated carbocycles. The number of rotatable bonds is 6. The number of phenols is 1. The molecule has 0 amide bonds. The maximum atomic E-state index is 11.0. The molecule has 0 spiro atoms. The second-order valence-corrected chi connectivity index (χ2v) is 8.92. The molecule has 0 bridgehead atoms. The lowest BCUT2D eigenvalue weighted by molar-refractivity contribution is -0.143. The van der Waals surface area contributed by atoms with E-state index in [1.165, 1.54) is 37.7 Å². The van der Waals surface area contributed by atoms with Crippen molar-refractivity contribution < 1.29 is 19.7 Å². The molecular formula is C26H37NO4. The number of phenolic OH excluding ortho intramolecular Hbond substituents is 1. The molecule has 2 aliphatic rings. The zero-order valence-corrected chi connectivity index (χ0v) is 18.8. The first-order valence-electron chi connectivity index (χ1n) is 11.8. The predicted molar refractivity (Wildman–Crippen MR) is 124 cm³/mol. The molecule has 0 atom stereocenters. The van der Waals surface area contributed by atoms with Crippen LogP contribution in [-0.4, -0.2) is 47.4 Å². The fourth-order valence-electron chi connectivity index (χ4n) is 4.62. The van der Waals surface area contributed by atoms with E-state index in [0.29, 0.717) is 0 Å². The van der Waals surface area contributed by atoms with Gasteiger partial charge in [-0.2, -0.15) is 0 Å². The van der Waals surface area contributed by atoms with Crippen LogP contribution in [0.5, 0.6) is 5.75 Å². The number of nitrogens with zero attached hydrogens (tertiary/aromatic N) is 1. The molecule has 31 heavy (non-hydrogen) atoms. The Labute approximate surface area is 186 Å². The molecular weight excluding hydrogens is 390 g/mol. The number of likely N-dealkylation sites (tertiary alicyclic amines) is 1. The highest BCUT2D eigenvalue weighted by Crippen LogP contribution is 2.24. The van der Waals surface area contributed by atoms with E-state index in [0.717, 1.165) is 62.4 Å². The normalized spacial score (nSPS) is 18.5. The summed E-state index contributed by atoms with van der Waals surface area (Å²) in [6.07, 6.45) is 8.58. The first-order chi connectivity index (χ1) is 15.0. The van der Waals surface area contributed by atoms with E-state index >= 15 is 0 Å². The summed E-state index contributed by atoms with van der Waals surface area (Å²) in [5.74, 6) is 0.320. The van der Waals surface area contributed by atoms with Crippen LogP contribution >= 0.6 is 0 Å². The number of carboxylic acids is 1. The van der Waals surface area contributed by atoms with Gasteiger partial charge in [-0.1, -0.05) is 37.5 Å².